The first-order chi connectivity index (χ1) is 9.31. The predicted octanol–water partition coefficient (Wildman–Crippen LogP) is 3.30. The van der Waals surface area contributed by atoms with Gasteiger partial charge in [-0.1, -0.05) is 36.4 Å². The second kappa shape index (κ2) is 5.06. The summed E-state index contributed by atoms with van der Waals surface area (Å²) in [6, 6.07) is 14.4. The lowest BCUT2D eigenvalue weighted by atomic mass is 10.1. The smallest absolute Gasteiger partial charge is 0.0659 e. The third-order valence-electron chi connectivity index (χ3n) is 3.07. The molecular weight excluding hydrogens is 234 g/mol. The zero-order valence-corrected chi connectivity index (χ0v) is 10.8. The monoisotopic (exact) mass is 249 g/mol. The summed E-state index contributed by atoms with van der Waals surface area (Å²) in [5.41, 5.74) is 4.48. The van der Waals surface area contributed by atoms with Gasteiger partial charge >= 0.3 is 0 Å². The average Bonchev–Trinajstić information content (AvgIpc) is 2.89. The molecule has 3 nitrogen and oxygen atoms in total. The van der Waals surface area contributed by atoms with Crippen LogP contribution in [0.15, 0.2) is 61.1 Å². The molecule has 0 spiro atoms. The molecule has 2 heterocycles. The quantitative estimate of drug-likeness (QED) is 0.713. The zero-order chi connectivity index (χ0) is 13.1. The number of hydrogen-bond donors (Lipinski definition) is 0. The van der Waals surface area contributed by atoms with Gasteiger partial charge in [0, 0.05) is 29.2 Å². The minimum atomic E-state index is 0.792. The van der Waals surface area contributed by atoms with Crippen molar-refractivity contribution >= 4 is 0 Å². The van der Waals surface area contributed by atoms with Crippen LogP contribution < -0.4 is 0 Å². The van der Waals surface area contributed by atoms with Crippen molar-refractivity contribution < 1.29 is 0 Å². The first-order valence-corrected chi connectivity index (χ1v) is 6.31. The molecule has 0 aliphatic heterocycles. The second-order valence-electron chi connectivity index (χ2n) is 4.60. The van der Waals surface area contributed by atoms with Crippen LogP contribution in [0.4, 0.5) is 0 Å². The highest BCUT2D eigenvalue weighted by molar-refractivity contribution is 5.60. The molecule has 0 N–H and O–H groups in total. The number of aryl methyl sites for hydroxylation is 1. The molecule has 0 amide bonds. The molecule has 1 aromatic carbocycles. The molecule has 0 aliphatic rings. The van der Waals surface area contributed by atoms with Crippen molar-refractivity contribution in [3.05, 3.63) is 72.3 Å². The molecule has 2 aromatic heterocycles. The second-order valence-corrected chi connectivity index (χ2v) is 4.60. The number of rotatable bonds is 3. The molecule has 0 fully saturated rings. The lowest BCUT2D eigenvalue weighted by Gasteiger charge is -2.01. The molecule has 0 unspecified atom stereocenters. The summed E-state index contributed by atoms with van der Waals surface area (Å²) >= 11 is 0. The lowest BCUT2D eigenvalue weighted by Crippen LogP contribution is -1.99. The highest BCUT2D eigenvalue weighted by atomic mass is 15.3. The van der Waals surface area contributed by atoms with Crippen LogP contribution in [0.3, 0.4) is 0 Å². The van der Waals surface area contributed by atoms with Crippen molar-refractivity contribution in [2.75, 3.05) is 0 Å². The fourth-order valence-corrected chi connectivity index (χ4v) is 2.01. The first-order valence-electron chi connectivity index (χ1n) is 6.31. The maximum Gasteiger partial charge on any atom is 0.0659 e. The van der Waals surface area contributed by atoms with Gasteiger partial charge in [0.25, 0.3) is 0 Å². The van der Waals surface area contributed by atoms with Crippen LogP contribution >= 0.6 is 0 Å². The van der Waals surface area contributed by atoms with E-state index in [0.717, 1.165) is 23.4 Å². The highest BCUT2D eigenvalue weighted by Crippen LogP contribution is 2.17. The van der Waals surface area contributed by atoms with E-state index >= 15 is 0 Å². The van der Waals surface area contributed by atoms with E-state index in [1.54, 1.807) is 0 Å². The Morgan fingerprint density at radius 3 is 2.53 bits per heavy atom. The maximum absolute atomic E-state index is 4.40. The number of hydrogen-bond acceptors (Lipinski definition) is 2. The van der Waals surface area contributed by atoms with Crippen LogP contribution in [-0.2, 0) is 6.54 Å². The van der Waals surface area contributed by atoms with Gasteiger partial charge in [-0.3, -0.25) is 9.67 Å². The molecule has 0 bridgehead atoms. The minimum absolute atomic E-state index is 0.792. The third-order valence-corrected chi connectivity index (χ3v) is 3.07. The molecule has 94 valence electrons. The largest absolute Gasteiger partial charge is 0.268 e. The Morgan fingerprint density at radius 1 is 0.947 bits per heavy atom. The molecule has 0 aliphatic carbocycles. The number of aromatic nitrogens is 3. The molecule has 3 aromatic rings. The Labute approximate surface area is 112 Å². The van der Waals surface area contributed by atoms with Crippen molar-refractivity contribution in [2.24, 2.45) is 0 Å². The number of pyridine rings is 1. The Bertz CT molecular complexity index is 654. The highest BCUT2D eigenvalue weighted by Gasteiger charge is 2.02. The van der Waals surface area contributed by atoms with Crippen molar-refractivity contribution in [1.29, 1.82) is 0 Å². The van der Waals surface area contributed by atoms with Crippen LogP contribution in [0.25, 0.3) is 11.1 Å². The molecule has 3 heteroatoms. The van der Waals surface area contributed by atoms with Gasteiger partial charge in [0.1, 0.15) is 0 Å². The lowest BCUT2D eigenvalue weighted by molar-refractivity contribution is 0.687. The summed E-state index contributed by atoms with van der Waals surface area (Å²) in [4.78, 5) is 4.31. The summed E-state index contributed by atoms with van der Waals surface area (Å²) in [7, 11) is 0. The van der Waals surface area contributed by atoms with Crippen molar-refractivity contribution in [3.8, 4) is 11.1 Å². The van der Waals surface area contributed by atoms with E-state index in [9.17, 15) is 0 Å². The topological polar surface area (TPSA) is 30.7 Å². The van der Waals surface area contributed by atoms with Crippen molar-refractivity contribution in [2.45, 2.75) is 13.5 Å². The molecule has 0 radical (unpaired) electrons. The summed E-state index contributed by atoms with van der Waals surface area (Å²) < 4.78 is 1.95. The van der Waals surface area contributed by atoms with Gasteiger partial charge in [0.05, 0.1) is 12.7 Å². The fraction of sp³-hybridized carbons (Fsp3) is 0.125. The van der Waals surface area contributed by atoms with E-state index in [2.05, 4.69) is 34.5 Å². The van der Waals surface area contributed by atoms with Gasteiger partial charge in [-0.15, -0.1) is 0 Å². The standard InChI is InChI=1S/C16H15N3/c1-13-7-8-15(9-17-13)16-10-18-19(12-16)11-14-5-3-2-4-6-14/h2-10,12H,11H2,1H3. The van der Waals surface area contributed by atoms with Crippen LogP contribution in [-0.4, -0.2) is 14.8 Å². The minimum Gasteiger partial charge on any atom is -0.268 e. The SMILES string of the molecule is Cc1ccc(-c2cnn(Cc3ccccc3)c2)cn1. The average molecular weight is 249 g/mol. The van der Waals surface area contributed by atoms with Crippen LogP contribution in [0.5, 0.6) is 0 Å². The van der Waals surface area contributed by atoms with Crippen LogP contribution in [0.1, 0.15) is 11.3 Å². The third kappa shape index (κ3) is 2.71. The Morgan fingerprint density at radius 2 is 1.79 bits per heavy atom. The molecule has 3 rings (SSSR count). The zero-order valence-electron chi connectivity index (χ0n) is 10.8. The Balaban J connectivity index is 1.82. The summed E-state index contributed by atoms with van der Waals surface area (Å²) in [6.07, 6.45) is 5.83. The van der Waals surface area contributed by atoms with Gasteiger partial charge < -0.3 is 0 Å². The van der Waals surface area contributed by atoms with E-state index in [1.165, 1.54) is 5.56 Å². The van der Waals surface area contributed by atoms with E-state index in [-0.39, 0.29) is 0 Å². The van der Waals surface area contributed by atoms with Crippen LogP contribution in [0, 0.1) is 6.92 Å². The Kier molecular flexibility index (Phi) is 3.11. The van der Waals surface area contributed by atoms with Gasteiger partial charge in [-0.2, -0.15) is 5.10 Å². The number of benzene rings is 1. The molecule has 0 saturated heterocycles. The summed E-state index contributed by atoms with van der Waals surface area (Å²) in [5, 5.41) is 4.40. The Hall–Kier alpha value is -2.42. The van der Waals surface area contributed by atoms with E-state index < -0.39 is 0 Å². The molecule has 19 heavy (non-hydrogen) atoms. The summed E-state index contributed by atoms with van der Waals surface area (Å²) in [6.45, 7) is 2.78. The maximum atomic E-state index is 4.40. The van der Waals surface area contributed by atoms with E-state index in [0.29, 0.717) is 0 Å². The van der Waals surface area contributed by atoms with Gasteiger partial charge in [-0.05, 0) is 18.6 Å². The van der Waals surface area contributed by atoms with Crippen molar-refractivity contribution in [3.63, 3.8) is 0 Å². The van der Waals surface area contributed by atoms with Crippen molar-refractivity contribution in [1.82, 2.24) is 14.8 Å². The fourth-order valence-electron chi connectivity index (χ4n) is 2.01. The first kappa shape index (κ1) is 11.7. The van der Waals surface area contributed by atoms with Gasteiger partial charge in [0.2, 0.25) is 0 Å². The normalized spacial score (nSPS) is 10.6. The number of nitrogens with zero attached hydrogens (tertiary/aromatic N) is 3. The molecular formula is C16H15N3. The van der Waals surface area contributed by atoms with Gasteiger partial charge in [-0.25, -0.2) is 0 Å². The molecule has 0 atom stereocenters. The predicted molar refractivity (Wildman–Crippen MR) is 75.7 cm³/mol. The van der Waals surface area contributed by atoms with Crippen LogP contribution in [0.2, 0.25) is 0 Å². The molecule has 0 saturated carbocycles. The van der Waals surface area contributed by atoms with E-state index in [1.807, 2.05) is 48.3 Å². The van der Waals surface area contributed by atoms with E-state index in [4.69, 9.17) is 0 Å². The summed E-state index contributed by atoms with van der Waals surface area (Å²) in [5.74, 6) is 0. The van der Waals surface area contributed by atoms with Gasteiger partial charge in [0.15, 0.2) is 0 Å².